The largest absolute Gasteiger partial charge is 0.494 e. The molecule has 0 aromatic heterocycles. The van der Waals surface area contributed by atoms with Gasteiger partial charge in [0.15, 0.2) is 11.6 Å². The number of hydrogen-bond donors (Lipinski definition) is 2. The first kappa shape index (κ1) is 14.0. The summed E-state index contributed by atoms with van der Waals surface area (Å²) in [4.78, 5) is 34.4. The van der Waals surface area contributed by atoms with E-state index in [2.05, 4.69) is 10.6 Å². The quantitative estimate of drug-likeness (QED) is 0.783. The minimum atomic E-state index is -0.787. The number of imide groups is 1. The van der Waals surface area contributed by atoms with Crippen LogP contribution >= 0.6 is 0 Å². The van der Waals surface area contributed by atoms with Crippen LogP contribution in [0.15, 0.2) is 18.2 Å². The fourth-order valence-corrected chi connectivity index (χ4v) is 1.88. The Morgan fingerprint density at radius 3 is 2.80 bits per heavy atom. The standard InChI is InChI=1S/C13H13FN2O4/c1-20-10-4-2-7(6-8(10)14)12(18)15-9-3-5-11(17)16-13(9)19/h2,4,6,9H,3,5H2,1H3,(H,15,18)(H,16,17,19). The Kier molecular flexibility index (Phi) is 3.97. The maximum Gasteiger partial charge on any atom is 0.252 e. The molecule has 20 heavy (non-hydrogen) atoms. The summed E-state index contributed by atoms with van der Waals surface area (Å²) in [5, 5.41) is 4.59. The van der Waals surface area contributed by atoms with Crippen LogP contribution in [0.4, 0.5) is 4.39 Å². The lowest BCUT2D eigenvalue weighted by molar-refractivity contribution is -0.134. The van der Waals surface area contributed by atoms with Crippen LogP contribution in [0.25, 0.3) is 0 Å². The van der Waals surface area contributed by atoms with Gasteiger partial charge in [-0.25, -0.2) is 4.39 Å². The van der Waals surface area contributed by atoms with E-state index < -0.39 is 23.7 Å². The number of rotatable bonds is 3. The summed E-state index contributed by atoms with van der Waals surface area (Å²) in [7, 11) is 1.32. The lowest BCUT2D eigenvalue weighted by atomic mass is 10.1. The van der Waals surface area contributed by atoms with Crippen molar-refractivity contribution in [3.05, 3.63) is 29.6 Å². The van der Waals surface area contributed by atoms with Gasteiger partial charge in [0.1, 0.15) is 6.04 Å². The van der Waals surface area contributed by atoms with Gasteiger partial charge in [-0.05, 0) is 24.6 Å². The van der Waals surface area contributed by atoms with E-state index in [0.717, 1.165) is 6.07 Å². The summed E-state index contributed by atoms with van der Waals surface area (Å²) in [5.41, 5.74) is 0.0769. The maximum atomic E-state index is 13.5. The van der Waals surface area contributed by atoms with E-state index in [1.165, 1.54) is 19.2 Å². The van der Waals surface area contributed by atoms with Gasteiger partial charge in [-0.3, -0.25) is 19.7 Å². The number of halogens is 1. The molecule has 1 saturated heterocycles. The smallest absolute Gasteiger partial charge is 0.252 e. The molecule has 3 amide bonds. The Morgan fingerprint density at radius 2 is 2.20 bits per heavy atom. The van der Waals surface area contributed by atoms with Crippen molar-refractivity contribution in [2.45, 2.75) is 18.9 Å². The predicted octanol–water partition coefficient (Wildman–Crippen LogP) is 0.369. The summed E-state index contributed by atoms with van der Waals surface area (Å²) in [6.07, 6.45) is 0.392. The Hall–Kier alpha value is -2.44. The zero-order valence-electron chi connectivity index (χ0n) is 10.7. The fraction of sp³-hybridized carbons (Fsp3) is 0.308. The van der Waals surface area contributed by atoms with E-state index in [1.807, 2.05) is 0 Å². The van der Waals surface area contributed by atoms with Crippen LogP contribution in [0.1, 0.15) is 23.2 Å². The third-order valence-corrected chi connectivity index (χ3v) is 2.96. The summed E-state index contributed by atoms with van der Waals surface area (Å²) in [5.74, 6) is -2.13. The number of carbonyl (C=O) groups excluding carboxylic acids is 3. The molecule has 1 heterocycles. The molecule has 106 valence electrons. The predicted molar refractivity (Wildman–Crippen MR) is 66.6 cm³/mol. The number of carbonyl (C=O) groups is 3. The molecule has 0 bridgehead atoms. The monoisotopic (exact) mass is 280 g/mol. The molecule has 0 spiro atoms. The zero-order valence-corrected chi connectivity index (χ0v) is 10.7. The van der Waals surface area contributed by atoms with E-state index in [-0.39, 0.29) is 30.1 Å². The van der Waals surface area contributed by atoms with Crippen molar-refractivity contribution in [2.75, 3.05) is 7.11 Å². The van der Waals surface area contributed by atoms with Crippen molar-refractivity contribution in [2.24, 2.45) is 0 Å². The maximum absolute atomic E-state index is 13.5. The van der Waals surface area contributed by atoms with Gasteiger partial charge >= 0.3 is 0 Å². The van der Waals surface area contributed by atoms with Gasteiger partial charge in [0, 0.05) is 12.0 Å². The van der Waals surface area contributed by atoms with E-state index in [4.69, 9.17) is 4.74 Å². The number of nitrogens with one attached hydrogen (secondary N) is 2. The number of hydrogen-bond acceptors (Lipinski definition) is 4. The first-order valence-corrected chi connectivity index (χ1v) is 5.99. The van der Waals surface area contributed by atoms with Crippen molar-refractivity contribution >= 4 is 17.7 Å². The van der Waals surface area contributed by atoms with Gasteiger partial charge in [-0.15, -0.1) is 0 Å². The number of benzene rings is 1. The summed E-state index contributed by atoms with van der Waals surface area (Å²) >= 11 is 0. The summed E-state index contributed by atoms with van der Waals surface area (Å²) < 4.78 is 18.2. The Bertz CT molecular complexity index is 573. The van der Waals surface area contributed by atoms with Gasteiger partial charge in [-0.2, -0.15) is 0 Å². The van der Waals surface area contributed by atoms with Crippen LogP contribution < -0.4 is 15.4 Å². The Balaban J connectivity index is 2.06. The number of methoxy groups -OCH3 is 1. The first-order valence-electron chi connectivity index (χ1n) is 5.99. The second-order valence-corrected chi connectivity index (χ2v) is 4.33. The lowest BCUT2D eigenvalue weighted by Gasteiger charge is -2.21. The molecule has 0 saturated carbocycles. The molecule has 1 unspecified atom stereocenters. The highest BCUT2D eigenvalue weighted by atomic mass is 19.1. The molecular formula is C13H13FN2O4. The van der Waals surface area contributed by atoms with Crippen LogP contribution in [-0.2, 0) is 9.59 Å². The molecule has 6 nitrogen and oxygen atoms in total. The molecule has 7 heteroatoms. The molecule has 1 aliphatic rings. The van der Waals surface area contributed by atoms with E-state index >= 15 is 0 Å². The van der Waals surface area contributed by atoms with Crippen LogP contribution in [-0.4, -0.2) is 30.9 Å². The van der Waals surface area contributed by atoms with Crippen molar-refractivity contribution in [3.8, 4) is 5.75 Å². The Labute approximate surface area is 114 Å². The summed E-state index contributed by atoms with van der Waals surface area (Å²) in [6, 6.07) is 2.96. The molecule has 1 atom stereocenters. The van der Waals surface area contributed by atoms with Crippen LogP contribution in [0.5, 0.6) is 5.75 Å². The molecule has 1 aromatic rings. The minimum Gasteiger partial charge on any atom is -0.494 e. The number of piperidine rings is 1. The molecule has 0 radical (unpaired) electrons. The van der Waals surface area contributed by atoms with E-state index in [0.29, 0.717) is 0 Å². The molecular weight excluding hydrogens is 267 g/mol. The normalized spacial score (nSPS) is 18.4. The summed E-state index contributed by atoms with van der Waals surface area (Å²) in [6.45, 7) is 0. The van der Waals surface area contributed by atoms with Gasteiger partial charge < -0.3 is 10.1 Å². The van der Waals surface area contributed by atoms with E-state index in [1.54, 1.807) is 0 Å². The third-order valence-electron chi connectivity index (χ3n) is 2.96. The molecule has 1 aliphatic heterocycles. The average molecular weight is 280 g/mol. The van der Waals surface area contributed by atoms with Crippen LogP contribution in [0.3, 0.4) is 0 Å². The third kappa shape index (κ3) is 2.93. The van der Waals surface area contributed by atoms with E-state index in [9.17, 15) is 18.8 Å². The molecule has 1 fully saturated rings. The molecule has 1 aromatic carbocycles. The van der Waals surface area contributed by atoms with Gasteiger partial charge in [-0.1, -0.05) is 0 Å². The number of amides is 3. The topological polar surface area (TPSA) is 84.5 Å². The van der Waals surface area contributed by atoms with Gasteiger partial charge in [0.05, 0.1) is 7.11 Å². The second kappa shape index (κ2) is 5.68. The highest BCUT2D eigenvalue weighted by Gasteiger charge is 2.28. The zero-order chi connectivity index (χ0) is 14.7. The Morgan fingerprint density at radius 1 is 1.45 bits per heavy atom. The highest BCUT2D eigenvalue weighted by Crippen LogP contribution is 2.18. The van der Waals surface area contributed by atoms with Crippen molar-refractivity contribution in [3.63, 3.8) is 0 Å². The minimum absolute atomic E-state index is 0.0301. The SMILES string of the molecule is COc1ccc(C(=O)NC2CCC(=O)NC2=O)cc1F. The number of ether oxygens (including phenoxy) is 1. The van der Waals surface area contributed by atoms with Crippen LogP contribution in [0.2, 0.25) is 0 Å². The highest BCUT2D eigenvalue weighted by molar-refractivity contribution is 6.03. The lowest BCUT2D eigenvalue weighted by Crippen LogP contribution is -2.52. The first-order chi connectivity index (χ1) is 9.51. The molecule has 0 aliphatic carbocycles. The van der Waals surface area contributed by atoms with Crippen molar-refractivity contribution in [1.29, 1.82) is 0 Å². The molecule has 2 rings (SSSR count). The molecule has 2 N–H and O–H groups in total. The average Bonchev–Trinajstić information content (AvgIpc) is 2.41. The van der Waals surface area contributed by atoms with Crippen LogP contribution in [0, 0.1) is 5.82 Å². The fourth-order valence-electron chi connectivity index (χ4n) is 1.88. The van der Waals surface area contributed by atoms with Crippen molar-refractivity contribution in [1.82, 2.24) is 10.6 Å². The second-order valence-electron chi connectivity index (χ2n) is 4.33. The van der Waals surface area contributed by atoms with Gasteiger partial charge in [0.25, 0.3) is 5.91 Å². The van der Waals surface area contributed by atoms with Crippen molar-refractivity contribution < 1.29 is 23.5 Å². The van der Waals surface area contributed by atoms with Gasteiger partial charge in [0.2, 0.25) is 11.8 Å².